The Balaban J connectivity index is 2.53. The Bertz CT molecular complexity index is 635. The van der Waals surface area contributed by atoms with Crippen LogP contribution in [-0.2, 0) is 0 Å². The normalized spacial score (nSPS) is 12.3. The van der Waals surface area contributed by atoms with Gasteiger partial charge in [-0.15, -0.1) is 0 Å². The van der Waals surface area contributed by atoms with Gasteiger partial charge in [-0.1, -0.05) is 18.2 Å². The first-order valence-corrected chi connectivity index (χ1v) is 6.71. The maximum absolute atomic E-state index is 10.6. The molecule has 0 radical (unpaired) electrons. The second-order valence-corrected chi connectivity index (χ2v) is 5.25. The molecule has 1 heterocycles. The largest absolute Gasteiger partial charge is 0.496 e. The summed E-state index contributed by atoms with van der Waals surface area (Å²) in [7, 11) is 1.63. The van der Waals surface area contributed by atoms with Gasteiger partial charge in [-0.2, -0.15) is 0 Å². The number of aliphatic hydroxyl groups is 1. The van der Waals surface area contributed by atoms with Gasteiger partial charge in [0.15, 0.2) is 0 Å². The van der Waals surface area contributed by atoms with Crippen LogP contribution in [0.3, 0.4) is 0 Å². The van der Waals surface area contributed by atoms with Crippen LogP contribution in [0.1, 0.15) is 39.6 Å². The van der Waals surface area contributed by atoms with Gasteiger partial charge in [-0.25, -0.2) is 0 Å². The van der Waals surface area contributed by atoms with Gasteiger partial charge < -0.3 is 9.84 Å². The molecule has 2 rings (SSSR count). The Morgan fingerprint density at radius 1 is 1.10 bits per heavy atom. The van der Waals surface area contributed by atoms with Crippen molar-refractivity contribution in [3.63, 3.8) is 0 Å². The fourth-order valence-electron chi connectivity index (χ4n) is 2.46. The average Bonchev–Trinajstić information content (AvgIpc) is 2.41. The summed E-state index contributed by atoms with van der Waals surface area (Å²) in [4.78, 5) is 4.38. The lowest BCUT2D eigenvalue weighted by atomic mass is 9.97. The summed E-state index contributed by atoms with van der Waals surface area (Å²) in [6.07, 6.45) is 1.00. The van der Waals surface area contributed by atoms with Crippen molar-refractivity contribution in [2.24, 2.45) is 0 Å². The fourth-order valence-corrected chi connectivity index (χ4v) is 2.46. The minimum atomic E-state index is -0.773. The van der Waals surface area contributed by atoms with Crippen molar-refractivity contribution in [2.75, 3.05) is 7.11 Å². The third kappa shape index (κ3) is 2.54. The molecule has 0 saturated heterocycles. The predicted octanol–water partition coefficient (Wildman–Crippen LogP) is 3.41. The van der Waals surface area contributed by atoms with E-state index in [4.69, 9.17) is 4.74 Å². The molecule has 0 aliphatic rings. The fraction of sp³-hybridized carbons (Fsp3) is 0.353. The van der Waals surface area contributed by atoms with Crippen LogP contribution in [0.15, 0.2) is 24.4 Å². The van der Waals surface area contributed by atoms with Crippen LogP contribution in [0.25, 0.3) is 0 Å². The molecule has 1 unspecified atom stereocenters. The molecule has 1 N–H and O–H groups in total. The first kappa shape index (κ1) is 14.5. The van der Waals surface area contributed by atoms with E-state index in [2.05, 4.69) is 4.98 Å². The number of benzene rings is 1. The summed E-state index contributed by atoms with van der Waals surface area (Å²) in [5.74, 6) is 0.735. The number of aliphatic hydroxyl groups excluding tert-OH is 1. The Morgan fingerprint density at radius 2 is 1.80 bits per heavy atom. The second kappa shape index (κ2) is 5.63. The van der Waals surface area contributed by atoms with Crippen molar-refractivity contribution in [2.45, 2.75) is 33.8 Å². The highest BCUT2D eigenvalue weighted by molar-refractivity contribution is 5.48. The topological polar surface area (TPSA) is 42.4 Å². The van der Waals surface area contributed by atoms with Crippen LogP contribution < -0.4 is 4.74 Å². The SMILES string of the molecule is COc1c(C(O)c2ncc(C)cc2C)ccc(C)c1C. The first-order chi connectivity index (χ1) is 9.45. The van der Waals surface area contributed by atoms with E-state index >= 15 is 0 Å². The minimum Gasteiger partial charge on any atom is -0.496 e. The second-order valence-electron chi connectivity index (χ2n) is 5.25. The average molecular weight is 271 g/mol. The number of ether oxygens (including phenoxy) is 1. The van der Waals surface area contributed by atoms with Gasteiger partial charge in [-0.3, -0.25) is 4.98 Å². The van der Waals surface area contributed by atoms with E-state index in [1.54, 1.807) is 13.3 Å². The van der Waals surface area contributed by atoms with Gasteiger partial charge in [-0.05, 0) is 49.9 Å². The molecule has 106 valence electrons. The zero-order chi connectivity index (χ0) is 14.9. The van der Waals surface area contributed by atoms with Crippen molar-refractivity contribution >= 4 is 0 Å². The molecule has 0 aliphatic carbocycles. The highest BCUT2D eigenvalue weighted by Gasteiger charge is 2.20. The molecule has 0 bridgehead atoms. The van der Waals surface area contributed by atoms with E-state index in [1.165, 1.54) is 0 Å². The van der Waals surface area contributed by atoms with E-state index in [1.807, 2.05) is 45.9 Å². The first-order valence-electron chi connectivity index (χ1n) is 6.71. The molecular formula is C17H21NO2. The highest BCUT2D eigenvalue weighted by atomic mass is 16.5. The summed E-state index contributed by atoms with van der Waals surface area (Å²) >= 11 is 0. The molecular weight excluding hydrogens is 250 g/mol. The molecule has 3 heteroatoms. The number of hydrogen-bond acceptors (Lipinski definition) is 3. The molecule has 0 amide bonds. The smallest absolute Gasteiger partial charge is 0.128 e. The summed E-state index contributed by atoms with van der Waals surface area (Å²) in [6.45, 7) is 7.99. The van der Waals surface area contributed by atoms with Crippen LogP contribution in [0.5, 0.6) is 5.75 Å². The van der Waals surface area contributed by atoms with Gasteiger partial charge in [0.2, 0.25) is 0 Å². The number of hydrogen-bond donors (Lipinski definition) is 1. The highest BCUT2D eigenvalue weighted by Crippen LogP contribution is 2.34. The van der Waals surface area contributed by atoms with E-state index in [0.717, 1.165) is 33.6 Å². The number of aromatic nitrogens is 1. The van der Waals surface area contributed by atoms with Crippen LogP contribution in [-0.4, -0.2) is 17.2 Å². The van der Waals surface area contributed by atoms with E-state index in [-0.39, 0.29) is 0 Å². The molecule has 0 aliphatic heterocycles. The maximum atomic E-state index is 10.6. The third-order valence-corrected chi connectivity index (χ3v) is 3.72. The number of nitrogens with zero attached hydrogens (tertiary/aromatic N) is 1. The van der Waals surface area contributed by atoms with Gasteiger partial charge in [0.25, 0.3) is 0 Å². The molecule has 1 aromatic heterocycles. The predicted molar refractivity (Wildman–Crippen MR) is 80.2 cm³/mol. The zero-order valence-corrected chi connectivity index (χ0v) is 12.7. The van der Waals surface area contributed by atoms with Gasteiger partial charge >= 0.3 is 0 Å². The molecule has 0 saturated carbocycles. The Hall–Kier alpha value is -1.87. The molecule has 0 fully saturated rings. The molecule has 2 aromatic rings. The van der Waals surface area contributed by atoms with Crippen LogP contribution in [0.2, 0.25) is 0 Å². The minimum absolute atomic E-state index is 0.678. The summed E-state index contributed by atoms with van der Waals surface area (Å²) < 4.78 is 5.48. The standard InChI is InChI=1S/C17H21NO2/c1-10-8-12(3)15(18-9-10)16(19)14-7-6-11(2)13(4)17(14)20-5/h6-9,16,19H,1-5H3. The van der Waals surface area contributed by atoms with Crippen molar-refractivity contribution in [3.05, 3.63) is 57.9 Å². The van der Waals surface area contributed by atoms with Crippen LogP contribution in [0, 0.1) is 27.7 Å². The van der Waals surface area contributed by atoms with Crippen molar-refractivity contribution in [1.29, 1.82) is 0 Å². The van der Waals surface area contributed by atoms with Crippen molar-refractivity contribution in [1.82, 2.24) is 4.98 Å². The lowest BCUT2D eigenvalue weighted by molar-refractivity contribution is 0.209. The number of rotatable bonds is 3. The molecule has 0 spiro atoms. The van der Waals surface area contributed by atoms with E-state index < -0.39 is 6.10 Å². The summed E-state index contributed by atoms with van der Waals surface area (Å²) in [5, 5.41) is 10.6. The Morgan fingerprint density at radius 3 is 2.40 bits per heavy atom. The zero-order valence-electron chi connectivity index (χ0n) is 12.7. The van der Waals surface area contributed by atoms with Crippen molar-refractivity contribution < 1.29 is 9.84 Å². The quantitative estimate of drug-likeness (QED) is 0.930. The molecule has 1 atom stereocenters. The third-order valence-electron chi connectivity index (χ3n) is 3.72. The van der Waals surface area contributed by atoms with Crippen LogP contribution in [0.4, 0.5) is 0 Å². The lowest BCUT2D eigenvalue weighted by Gasteiger charge is -2.19. The Kier molecular flexibility index (Phi) is 4.09. The van der Waals surface area contributed by atoms with Crippen molar-refractivity contribution in [3.8, 4) is 5.75 Å². The Labute approximate surface area is 120 Å². The number of aryl methyl sites for hydroxylation is 3. The number of methoxy groups -OCH3 is 1. The maximum Gasteiger partial charge on any atom is 0.128 e. The summed E-state index contributed by atoms with van der Waals surface area (Å²) in [5.41, 5.74) is 5.70. The van der Waals surface area contributed by atoms with Crippen LogP contribution >= 0.6 is 0 Å². The van der Waals surface area contributed by atoms with E-state index in [0.29, 0.717) is 5.69 Å². The van der Waals surface area contributed by atoms with E-state index in [9.17, 15) is 5.11 Å². The molecule has 1 aromatic carbocycles. The van der Waals surface area contributed by atoms with Gasteiger partial charge in [0.1, 0.15) is 11.9 Å². The number of pyridine rings is 1. The molecule has 20 heavy (non-hydrogen) atoms. The van der Waals surface area contributed by atoms with Gasteiger partial charge in [0.05, 0.1) is 12.8 Å². The van der Waals surface area contributed by atoms with Gasteiger partial charge in [0, 0.05) is 11.8 Å². The monoisotopic (exact) mass is 271 g/mol. The molecule has 3 nitrogen and oxygen atoms in total. The lowest BCUT2D eigenvalue weighted by Crippen LogP contribution is -2.08. The summed E-state index contributed by atoms with van der Waals surface area (Å²) in [6, 6.07) is 5.94.